The van der Waals surface area contributed by atoms with Crippen molar-refractivity contribution in [3.63, 3.8) is 0 Å². The Morgan fingerprint density at radius 2 is 2.22 bits per heavy atom. The van der Waals surface area contributed by atoms with Gasteiger partial charge in [0.05, 0.1) is 6.61 Å². The molecule has 1 aromatic carbocycles. The normalized spacial score (nSPS) is 17.9. The van der Waals surface area contributed by atoms with Crippen LogP contribution in [0.25, 0.3) is 0 Å². The van der Waals surface area contributed by atoms with Crippen molar-refractivity contribution in [2.24, 2.45) is 5.92 Å². The minimum absolute atomic E-state index is 0.0174. The summed E-state index contributed by atoms with van der Waals surface area (Å²) in [7, 11) is 1.71. The van der Waals surface area contributed by atoms with Gasteiger partial charge in [-0.25, -0.2) is 4.79 Å². The number of carbonyl (C=O) groups excluding carboxylic acids is 2. The number of ketones is 1. The number of urea groups is 1. The molecule has 1 atom stereocenters. The Kier molecular flexibility index (Phi) is 6.55. The Morgan fingerprint density at radius 1 is 1.39 bits per heavy atom. The highest BCUT2D eigenvalue weighted by Gasteiger charge is 2.22. The number of Topliss-reactive ketones (excluding diaryl/α,β-unsaturated/α-hetero) is 1. The minimum Gasteiger partial charge on any atom is -0.383 e. The lowest BCUT2D eigenvalue weighted by Crippen LogP contribution is -2.34. The van der Waals surface area contributed by atoms with Gasteiger partial charge in [-0.15, -0.1) is 0 Å². The number of hydrogen-bond acceptors (Lipinski definition) is 4. The molecule has 6 nitrogen and oxygen atoms in total. The molecule has 1 fully saturated rings. The monoisotopic (exact) mass is 319 g/mol. The summed E-state index contributed by atoms with van der Waals surface area (Å²) in [6.45, 7) is 5.89. The second-order valence-corrected chi connectivity index (χ2v) is 5.92. The molecule has 1 aliphatic rings. The maximum Gasteiger partial charge on any atom is 0.319 e. The van der Waals surface area contributed by atoms with Gasteiger partial charge in [0, 0.05) is 38.0 Å². The van der Waals surface area contributed by atoms with Crippen LogP contribution in [0.5, 0.6) is 0 Å². The average molecular weight is 319 g/mol. The Bertz CT molecular complexity index is 548. The van der Waals surface area contributed by atoms with Gasteiger partial charge in [0.15, 0.2) is 5.78 Å². The van der Waals surface area contributed by atoms with Crippen LogP contribution in [0, 0.1) is 5.92 Å². The van der Waals surface area contributed by atoms with Gasteiger partial charge in [-0.1, -0.05) is 12.1 Å². The van der Waals surface area contributed by atoms with Crippen LogP contribution >= 0.6 is 0 Å². The predicted octanol–water partition coefficient (Wildman–Crippen LogP) is 1.98. The summed E-state index contributed by atoms with van der Waals surface area (Å²) in [5, 5.41) is 5.68. The first kappa shape index (κ1) is 17.4. The third kappa shape index (κ3) is 5.65. The van der Waals surface area contributed by atoms with Crippen LogP contribution in [0.3, 0.4) is 0 Å². The van der Waals surface area contributed by atoms with Crippen LogP contribution in [-0.2, 0) is 4.74 Å². The number of benzene rings is 1. The van der Waals surface area contributed by atoms with E-state index in [0.29, 0.717) is 23.7 Å². The fourth-order valence-corrected chi connectivity index (χ4v) is 2.73. The molecule has 0 aromatic heterocycles. The van der Waals surface area contributed by atoms with Crippen LogP contribution in [0.2, 0.25) is 0 Å². The zero-order valence-corrected chi connectivity index (χ0v) is 13.8. The molecule has 0 aliphatic carbocycles. The quantitative estimate of drug-likeness (QED) is 0.754. The van der Waals surface area contributed by atoms with E-state index in [-0.39, 0.29) is 11.8 Å². The molecular formula is C17H25N3O3. The molecule has 0 radical (unpaired) electrons. The van der Waals surface area contributed by atoms with Crippen molar-refractivity contribution in [3.05, 3.63) is 29.8 Å². The van der Waals surface area contributed by atoms with E-state index < -0.39 is 0 Å². The number of methoxy groups -OCH3 is 1. The van der Waals surface area contributed by atoms with E-state index >= 15 is 0 Å². The van der Waals surface area contributed by atoms with Gasteiger partial charge in [-0.3, -0.25) is 4.79 Å². The third-order valence-corrected chi connectivity index (χ3v) is 4.06. The van der Waals surface area contributed by atoms with E-state index in [1.54, 1.807) is 31.4 Å². The molecule has 2 amide bonds. The second-order valence-electron chi connectivity index (χ2n) is 5.92. The number of likely N-dealkylation sites (tertiary alicyclic amines) is 1. The third-order valence-electron chi connectivity index (χ3n) is 4.06. The van der Waals surface area contributed by atoms with Crippen molar-refractivity contribution in [1.82, 2.24) is 10.2 Å². The summed E-state index contributed by atoms with van der Waals surface area (Å²) in [6.07, 6.45) is 1.09. The molecule has 6 heteroatoms. The topological polar surface area (TPSA) is 70.7 Å². The van der Waals surface area contributed by atoms with E-state index in [2.05, 4.69) is 15.5 Å². The van der Waals surface area contributed by atoms with E-state index in [4.69, 9.17) is 4.74 Å². The van der Waals surface area contributed by atoms with Gasteiger partial charge in [0.2, 0.25) is 0 Å². The molecule has 2 N–H and O–H groups in total. The molecule has 0 bridgehead atoms. The SMILES string of the molecule is COCCN1CC[C@@H](CNC(=O)Nc2cccc(C(C)=O)c2)C1. The van der Waals surface area contributed by atoms with Gasteiger partial charge in [0.25, 0.3) is 0 Å². The lowest BCUT2D eigenvalue weighted by atomic mass is 10.1. The van der Waals surface area contributed by atoms with Crippen LogP contribution < -0.4 is 10.6 Å². The summed E-state index contributed by atoms with van der Waals surface area (Å²) < 4.78 is 5.08. The largest absolute Gasteiger partial charge is 0.383 e. The molecule has 1 aromatic rings. The molecule has 2 rings (SSSR count). The van der Waals surface area contributed by atoms with Crippen LogP contribution in [0.4, 0.5) is 10.5 Å². The Balaban J connectivity index is 1.73. The summed E-state index contributed by atoms with van der Waals surface area (Å²) in [5.41, 5.74) is 1.22. The van der Waals surface area contributed by atoms with Crippen LogP contribution in [0.1, 0.15) is 23.7 Å². The molecule has 126 valence electrons. The lowest BCUT2D eigenvalue weighted by molar-refractivity contribution is 0.101. The Morgan fingerprint density at radius 3 is 2.96 bits per heavy atom. The van der Waals surface area contributed by atoms with Crippen LogP contribution in [0.15, 0.2) is 24.3 Å². The number of amides is 2. The van der Waals surface area contributed by atoms with Crippen molar-refractivity contribution in [1.29, 1.82) is 0 Å². The standard InChI is InChI=1S/C17H25N3O3/c1-13(21)15-4-3-5-16(10-15)19-17(22)18-11-14-6-7-20(12-14)8-9-23-2/h3-5,10,14H,6-9,11-12H2,1-2H3,(H2,18,19,22)/t14-/m0/s1. The highest BCUT2D eigenvalue weighted by Crippen LogP contribution is 2.15. The van der Waals surface area contributed by atoms with Gasteiger partial charge in [-0.2, -0.15) is 0 Å². The molecule has 0 saturated carbocycles. The number of anilines is 1. The zero-order valence-electron chi connectivity index (χ0n) is 13.8. The smallest absolute Gasteiger partial charge is 0.319 e. The van der Waals surface area contributed by atoms with Gasteiger partial charge in [0.1, 0.15) is 0 Å². The highest BCUT2D eigenvalue weighted by molar-refractivity contribution is 5.96. The molecule has 1 saturated heterocycles. The highest BCUT2D eigenvalue weighted by atomic mass is 16.5. The summed E-state index contributed by atoms with van der Waals surface area (Å²) in [5.74, 6) is 0.456. The second kappa shape index (κ2) is 8.64. The molecule has 1 heterocycles. The zero-order chi connectivity index (χ0) is 16.7. The van der Waals surface area contributed by atoms with E-state index in [0.717, 1.165) is 32.7 Å². The maximum atomic E-state index is 12.0. The van der Waals surface area contributed by atoms with E-state index in [9.17, 15) is 9.59 Å². The fraction of sp³-hybridized carbons (Fsp3) is 0.529. The first-order chi connectivity index (χ1) is 11.1. The Labute approximate surface area is 137 Å². The fourth-order valence-electron chi connectivity index (χ4n) is 2.73. The molecular weight excluding hydrogens is 294 g/mol. The Hall–Kier alpha value is -1.92. The maximum absolute atomic E-state index is 12.0. The van der Waals surface area contributed by atoms with Crippen molar-refractivity contribution in [2.75, 3.05) is 45.2 Å². The molecule has 1 aliphatic heterocycles. The number of carbonyl (C=O) groups is 2. The molecule has 23 heavy (non-hydrogen) atoms. The van der Waals surface area contributed by atoms with Crippen molar-refractivity contribution < 1.29 is 14.3 Å². The molecule has 0 spiro atoms. The van der Waals surface area contributed by atoms with Gasteiger partial charge < -0.3 is 20.3 Å². The van der Waals surface area contributed by atoms with Gasteiger partial charge in [-0.05, 0) is 37.9 Å². The molecule has 0 unspecified atom stereocenters. The van der Waals surface area contributed by atoms with Crippen molar-refractivity contribution in [2.45, 2.75) is 13.3 Å². The summed E-state index contributed by atoms with van der Waals surface area (Å²) in [4.78, 5) is 25.7. The average Bonchev–Trinajstić information content (AvgIpc) is 2.99. The minimum atomic E-state index is -0.235. The van der Waals surface area contributed by atoms with Crippen molar-refractivity contribution >= 4 is 17.5 Å². The lowest BCUT2D eigenvalue weighted by Gasteiger charge is -2.15. The van der Waals surface area contributed by atoms with E-state index in [1.165, 1.54) is 6.92 Å². The predicted molar refractivity (Wildman–Crippen MR) is 89.9 cm³/mol. The first-order valence-corrected chi connectivity index (χ1v) is 7.95. The van der Waals surface area contributed by atoms with Gasteiger partial charge >= 0.3 is 6.03 Å². The number of ether oxygens (including phenoxy) is 1. The first-order valence-electron chi connectivity index (χ1n) is 7.95. The summed E-state index contributed by atoms with van der Waals surface area (Å²) >= 11 is 0. The number of rotatable bonds is 7. The number of hydrogen-bond donors (Lipinski definition) is 2. The van der Waals surface area contributed by atoms with Crippen molar-refractivity contribution in [3.8, 4) is 0 Å². The van der Waals surface area contributed by atoms with Crippen LogP contribution in [-0.4, -0.2) is 56.6 Å². The number of nitrogens with one attached hydrogen (secondary N) is 2. The van der Waals surface area contributed by atoms with E-state index in [1.807, 2.05) is 0 Å². The number of nitrogens with zero attached hydrogens (tertiary/aromatic N) is 1. The summed E-state index contributed by atoms with van der Waals surface area (Å²) in [6, 6.07) is 6.72.